The molecule has 1 aromatic rings. The van der Waals surface area contributed by atoms with Gasteiger partial charge in [-0.05, 0) is 36.6 Å². The molecule has 0 radical (unpaired) electrons. The summed E-state index contributed by atoms with van der Waals surface area (Å²) in [4.78, 5) is 13.9. The van der Waals surface area contributed by atoms with Crippen molar-refractivity contribution in [3.63, 3.8) is 0 Å². The van der Waals surface area contributed by atoms with Crippen molar-refractivity contribution in [1.82, 2.24) is 4.90 Å². The molecule has 0 aliphatic carbocycles. The molecule has 1 aliphatic rings. The highest BCUT2D eigenvalue weighted by molar-refractivity contribution is 6.29. The third-order valence-corrected chi connectivity index (χ3v) is 3.34. The highest BCUT2D eigenvalue weighted by Gasteiger charge is 2.27. The van der Waals surface area contributed by atoms with Crippen molar-refractivity contribution >= 4 is 17.5 Å². The fourth-order valence-corrected chi connectivity index (χ4v) is 2.35. The minimum absolute atomic E-state index is 0.000179. The van der Waals surface area contributed by atoms with E-state index in [9.17, 15) is 9.90 Å². The molecule has 1 N–H and O–H groups in total. The van der Waals surface area contributed by atoms with Gasteiger partial charge in [-0.2, -0.15) is 0 Å². The third kappa shape index (κ3) is 2.82. The maximum Gasteiger partial charge on any atom is 0.289 e. The Hall–Kier alpha value is -1.00. The molecule has 1 aliphatic heterocycles. The molecule has 5 heteroatoms. The van der Waals surface area contributed by atoms with Crippen molar-refractivity contribution in [2.45, 2.75) is 31.7 Å². The summed E-state index contributed by atoms with van der Waals surface area (Å²) in [6.45, 7) is 0.669. The molecule has 0 saturated carbocycles. The molecule has 17 heavy (non-hydrogen) atoms. The number of aliphatic hydroxyl groups excluding tert-OH is 1. The first-order valence-electron chi connectivity index (χ1n) is 5.89. The monoisotopic (exact) mass is 257 g/mol. The molecule has 2 heterocycles. The minimum atomic E-state index is -0.183. The number of hydrogen-bond acceptors (Lipinski definition) is 3. The van der Waals surface area contributed by atoms with Crippen LogP contribution in [0.3, 0.4) is 0 Å². The summed E-state index contributed by atoms with van der Waals surface area (Å²) in [6, 6.07) is 3.03. The van der Waals surface area contributed by atoms with Crippen molar-refractivity contribution in [3.8, 4) is 0 Å². The Labute approximate surface area is 105 Å². The molecule has 0 bridgehead atoms. The van der Waals surface area contributed by atoms with Crippen LogP contribution >= 0.6 is 11.6 Å². The van der Waals surface area contributed by atoms with Gasteiger partial charge in [0.05, 0.1) is 12.6 Å². The van der Waals surface area contributed by atoms with Gasteiger partial charge in [-0.15, -0.1) is 0 Å². The maximum atomic E-state index is 12.2. The zero-order chi connectivity index (χ0) is 12.3. The minimum Gasteiger partial charge on any atom is -0.440 e. The summed E-state index contributed by atoms with van der Waals surface area (Å²) in [5, 5.41) is 9.55. The van der Waals surface area contributed by atoms with Crippen LogP contribution in [0.1, 0.15) is 36.2 Å². The Kier molecular flexibility index (Phi) is 4.07. The van der Waals surface area contributed by atoms with Crippen molar-refractivity contribution in [2.75, 3.05) is 13.2 Å². The maximum absolute atomic E-state index is 12.2. The Morgan fingerprint density at radius 2 is 2.29 bits per heavy atom. The number of likely N-dealkylation sites (tertiary alicyclic amines) is 1. The van der Waals surface area contributed by atoms with Crippen LogP contribution in [0.4, 0.5) is 0 Å². The molecular formula is C12H16ClNO3. The van der Waals surface area contributed by atoms with E-state index in [1.807, 2.05) is 0 Å². The second-order valence-electron chi connectivity index (χ2n) is 4.29. The van der Waals surface area contributed by atoms with E-state index < -0.39 is 0 Å². The van der Waals surface area contributed by atoms with Crippen LogP contribution in [0, 0.1) is 0 Å². The SMILES string of the molecule is O=C(c1ccc(Cl)o1)N1CCCCCC1CO. The molecule has 1 amide bonds. The van der Waals surface area contributed by atoms with E-state index in [0.717, 1.165) is 25.7 Å². The van der Waals surface area contributed by atoms with Gasteiger partial charge in [-0.3, -0.25) is 4.79 Å². The lowest BCUT2D eigenvalue weighted by atomic mass is 10.1. The Morgan fingerprint density at radius 1 is 1.47 bits per heavy atom. The fourth-order valence-electron chi connectivity index (χ4n) is 2.21. The molecule has 2 rings (SSSR count). The van der Waals surface area contributed by atoms with Gasteiger partial charge in [0, 0.05) is 6.54 Å². The van der Waals surface area contributed by atoms with Crippen molar-refractivity contribution in [2.24, 2.45) is 0 Å². The average Bonchev–Trinajstić information content (AvgIpc) is 2.64. The highest BCUT2D eigenvalue weighted by atomic mass is 35.5. The zero-order valence-electron chi connectivity index (χ0n) is 9.56. The Bertz CT molecular complexity index is 391. The summed E-state index contributed by atoms with van der Waals surface area (Å²) in [5.41, 5.74) is 0. The number of rotatable bonds is 2. The molecule has 1 unspecified atom stereocenters. The zero-order valence-corrected chi connectivity index (χ0v) is 10.3. The Balaban J connectivity index is 2.15. The summed E-state index contributed by atoms with van der Waals surface area (Å²) < 4.78 is 5.12. The first-order valence-corrected chi connectivity index (χ1v) is 6.27. The molecule has 4 nitrogen and oxygen atoms in total. The van der Waals surface area contributed by atoms with E-state index in [0.29, 0.717) is 6.54 Å². The number of aliphatic hydroxyl groups is 1. The van der Waals surface area contributed by atoms with Crippen LogP contribution in [-0.4, -0.2) is 35.1 Å². The van der Waals surface area contributed by atoms with Crippen LogP contribution in [0.15, 0.2) is 16.5 Å². The van der Waals surface area contributed by atoms with Gasteiger partial charge in [-0.1, -0.05) is 12.8 Å². The number of nitrogens with zero attached hydrogens (tertiary/aromatic N) is 1. The lowest BCUT2D eigenvalue weighted by molar-refractivity contribution is 0.0568. The Morgan fingerprint density at radius 3 is 2.94 bits per heavy atom. The van der Waals surface area contributed by atoms with E-state index in [-0.39, 0.29) is 29.5 Å². The average molecular weight is 258 g/mol. The van der Waals surface area contributed by atoms with Gasteiger partial charge >= 0.3 is 0 Å². The summed E-state index contributed by atoms with van der Waals surface area (Å²) in [7, 11) is 0. The standard InChI is InChI=1S/C12H16ClNO3/c13-11-6-5-10(17-11)12(16)14-7-3-1-2-4-9(14)8-15/h5-6,9,15H,1-4,7-8H2. The second kappa shape index (κ2) is 5.56. The summed E-state index contributed by atoms with van der Waals surface area (Å²) in [6.07, 6.45) is 3.96. The number of carbonyl (C=O) groups excluding carboxylic acids is 1. The predicted molar refractivity (Wildman–Crippen MR) is 64.1 cm³/mol. The van der Waals surface area contributed by atoms with Crippen LogP contribution in [-0.2, 0) is 0 Å². The van der Waals surface area contributed by atoms with E-state index in [1.165, 1.54) is 0 Å². The quantitative estimate of drug-likeness (QED) is 0.885. The van der Waals surface area contributed by atoms with Gasteiger partial charge in [0.15, 0.2) is 11.0 Å². The van der Waals surface area contributed by atoms with Crippen molar-refractivity contribution < 1.29 is 14.3 Å². The lowest BCUT2D eigenvalue weighted by Gasteiger charge is -2.27. The van der Waals surface area contributed by atoms with Gasteiger partial charge in [0.2, 0.25) is 0 Å². The van der Waals surface area contributed by atoms with E-state index in [1.54, 1.807) is 17.0 Å². The van der Waals surface area contributed by atoms with Gasteiger partial charge < -0.3 is 14.4 Å². The second-order valence-corrected chi connectivity index (χ2v) is 4.66. The first kappa shape index (κ1) is 12.5. The topological polar surface area (TPSA) is 53.7 Å². The molecule has 1 atom stereocenters. The van der Waals surface area contributed by atoms with Crippen molar-refractivity contribution in [1.29, 1.82) is 0 Å². The number of hydrogen-bond donors (Lipinski definition) is 1. The number of furan rings is 1. The van der Waals surface area contributed by atoms with Crippen LogP contribution in [0.5, 0.6) is 0 Å². The van der Waals surface area contributed by atoms with E-state index in [2.05, 4.69) is 0 Å². The smallest absolute Gasteiger partial charge is 0.289 e. The number of halogens is 1. The van der Waals surface area contributed by atoms with Gasteiger partial charge in [-0.25, -0.2) is 0 Å². The molecule has 0 spiro atoms. The summed E-state index contributed by atoms with van der Waals surface area (Å²) in [5.74, 6) is 0.0631. The molecule has 0 aromatic carbocycles. The van der Waals surface area contributed by atoms with Crippen LogP contribution in [0.2, 0.25) is 5.22 Å². The largest absolute Gasteiger partial charge is 0.440 e. The lowest BCUT2D eigenvalue weighted by Crippen LogP contribution is -2.41. The normalized spacial score (nSPS) is 21.3. The van der Waals surface area contributed by atoms with E-state index >= 15 is 0 Å². The van der Waals surface area contributed by atoms with E-state index in [4.69, 9.17) is 16.0 Å². The van der Waals surface area contributed by atoms with Gasteiger partial charge in [0.1, 0.15) is 0 Å². The van der Waals surface area contributed by atoms with Crippen LogP contribution < -0.4 is 0 Å². The third-order valence-electron chi connectivity index (χ3n) is 3.13. The van der Waals surface area contributed by atoms with Gasteiger partial charge in [0.25, 0.3) is 5.91 Å². The number of carbonyl (C=O) groups is 1. The predicted octanol–water partition coefficient (Wildman–Crippen LogP) is 2.31. The fraction of sp³-hybridized carbons (Fsp3) is 0.583. The number of amides is 1. The molecule has 1 aromatic heterocycles. The highest BCUT2D eigenvalue weighted by Crippen LogP contribution is 2.21. The van der Waals surface area contributed by atoms with Crippen LogP contribution in [0.25, 0.3) is 0 Å². The molecule has 94 valence electrons. The summed E-state index contributed by atoms with van der Waals surface area (Å²) >= 11 is 5.66. The van der Waals surface area contributed by atoms with Crippen molar-refractivity contribution in [3.05, 3.63) is 23.1 Å². The first-order chi connectivity index (χ1) is 8.22. The molecule has 1 fully saturated rings. The molecular weight excluding hydrogens is 242 g/mol. The molecule has 1 saturated heterocycles.